The quantitative estimate of drug-likeness (QED) is 0.580. The summed E-state index contributed by atoms with van der Waals surface area (Å²) in [5.41, 5.74) is 2.70. The van der Waals surface area contributed by atoms with Gasteiger partial charge >= 0.3 is 6.09 Å². The summed E-state index contributed by atoms with van der Waals surface area (Å²) in [5, 5.41) is 12.8. The average molecular weight is 393 g/mol. The van der Waals surface area contributed by atoms with Crippen LogP contribution in [0.3, 0.4) is 0 Å². The van der Waals surface area contributed by atoms with Gasteiger partial charge in [-0.1, -0.05) is 24.3 Å². The first-order valence-electron chi connectivity index (χ1n) is 8.87. The summed E-state index contributed by atoms with van der Waals surface area (Å²) in [7, 11) is 1.57. The number of benzene rings is 1. The van der Waals surface area contributed by atoms with Gasteiger partial charge in [-0.2, -0.15) is 0 Å². The molecule has 0 bridgehead atoms. The molecule has 0 aliphatic carbocycles. The van der Waals surface area contributed by atoms with Crippen molar-refractivity contribution in [3.8, 4) is 0 Å². The number of carbonyl (C=O) groups excluding carboxylic acids is 1. The van der Waals surface area contributed by atoms with Crippen molar-refractivity contribution >= 4 is 41.4 Å². The number of nitrogens with zero attached hydrogens (tertiary/aromatic N) is 3. The monoisotopic (exact) mass is 392 g/mol. The van der Waals surface area contributed by atoms with Crippen LogP contribution in [0, 0.1) is 5.92 Å². The van der Waals surface area contributed by atoms with E-state index < -0.39 is 6.09 Å². The van der Waals surface area contributed by atoms with Crippen LogP contribution in [0.2, 0.25) is 0 Å². The number of fused-ring (bicyclic) bond motifs is 1. The molecule has 1 atom stereocenters. The fraction of sp³-hybridized carbons (Fsp3) is 0.421. The third-order valence-electron chi connectivity index (χ3n) is 5.15. The molecule has 2 N–H and O–H groups in total. The second-order valence-corrected chi connectivity index (χ2v) is 6.53. The van der Waals surface area contributed by atoms with E-state index in [9.17, 15) is 14.7 Å². The number of nitrogens with one attached hydrogen (secondary N) is 1. The van der Waals surface area contributed by atoms with E-state index in [2.05, 4.69) is 27.4 Å². The Kier molecular flexibility index (Phi) is 7.38. The summed E-state index contributed by atoms with van der Waals surface area (Å²) in [4.78, 5) is 29.3. The minimum atomic E-state index is -1.06. The van der Waals surface area contributed by atoms with Crippen molar-refractivity contribution in [3.63, 3.8) is 0 Å². The summed E-state index contributed by atoms with van der Waals surface area (Å²) in [6.45, 7) is 1.58. The maximum atomic E-state index is 11.4. The Labute approximate surface area is 164 Å². The first-order chi connectivity index (χ1) is 12.7. The van der Waals surface area contributed by atoms with Gasteiger partial charge in [0.25, 0.3) is 0 Å². The number of pyridine rings is 1. The van der Waals surface area contributed by atoms with Crippen LogP contribution in [0.4, 0.5) is 10.6 Å². The number of aromatic nitrogens is 1. The van der Waals surface area contributed by atoms with E-state index >= 15 is 0 Å². The summed E-state index contributed by atoms with van der Waals surface area (Å²) in [6.07, 6.45) is 3.40. The van der Waals surface area contributed by atoms with Crippen LogP contribution in [-0.4, -0.2) is 53.7 Å². The highest BCUT2D eigenvalue weighted by atomic mass is 35.5. The molecular formula is C19H25ClN4O3. The molecule has 1 saturated heterocycles. The highest BCUT2D eigenvalue weighted by Gasteiger charge is 2.33. The number of carbonyl (C=O) groups is 2. The Morgan fingerprint density at radius 2 is 2.07 bits per heavy atom. The van der Waals surface area contributed by atoms with Crippen LogP contribution in [0.15, 0.2) is 36.5 Å². The molecule has 7 nitrogen and oxygen atoms in total. The van der Waals surface area contributed by atoms with Crippen LogP contribution in [-0.2, 0) is 4.79 Å². The maximum absolute atomic E-state index is 11.4. The number of rotatable bonds is 6. The number of halogens is 1. The Morgan fingerprint density at radius 3 is 2.70 bits per heavy atom. The van der Waals surface area contributed by atoms with Crippen LogP contribution in [0.1, 0.15) is 19.3 Å². The molecule has 0 spiro atoms. The molecule has 1 amide bonds. The zero-order chi connectivity index (χ0) is 18.5. The van der Waals surface area contributed by atoms with E-state index in [0.717, 1.165) is 53.8 Å². The molecule has 27 heavy (non-hydrogen) atoms. The van der Waals surface area contributed by atoms with Crippen molar-refractivity contribution < 1.29 is 14.7 Å². The zero-order valence-corrected chi connectivity index (χ0v) is 16.1. The molecule has 2 heterocycles. The van der Waals surface area contributed by atoms with Crippen LogP contribution in [0.5, 0.6) is 0 Å². The van der Waals surface area contributed by atoms with Gasteiger partial charge in [0.1, 0.15) is 12.1 Å². The highest BCUT2D eigenvalue weighted by Crippen LogP contribution is 2.31. The largest absolute Gasteiger partial charge is 0.464 e. The van der Waals surface area contributed by atoms with Gasteiger partial charge in [0, 0.05) is 38.1 Å². The van der Waals surface area contributed by atoms with Gasteiger partial charge in [-0.25, -0.2) is 20.2 Å². The summed E-state index contributed by atoms with van der Waals surface area (Å²) in [5.74, 6) is 1.10. The second-order valence-electron chi connectivity index (χ2n) is 6.53. The number of anilines is 1. The molecule has 1 fully saturated rings. The minimum absolute atomic E-state index is 0. The lowest BCUT2D eigenvalue weighted by Crippen LogP contribution is -2.52. The van der Waals surface area contributed by atoms with Crippen molar-refractivity contribution in [1.29, 1.82) is 0 Å². The van der Waals surface area contributed by atoms with Crippen LogP contribution >= 0.6 is 12.4 Å². The third kappa shape index (κ3) is 4.48. The predicted octanol–water partition coefficient (Wildman–Crippen LogP) is 2.95. The zero-order valence-electron chi connectivity index (χ0n) is 15.2. The molecule has 1 aromatic heterocycles. The van der Waals surface area contributed by atoms with Crippen LogP contribution < -0.4 is 10.3 Å². The SMILES string of the molecule is CNN(C(=O)O)C(CC=O)C1CCN(c2nccc3ccccc23)CC1.Cl. The van der Waals surface area contributed by atoms with Gasteiger partial charge in [-0.05, 0) is 30.2 Å². The topological polar surface area (TPSA) is 85.8 Å². The average Bonchev–Trinajstić information content (AvgIpc) is 2.67. The number of carboxylic acid groups (broad SMARTS) is 1. The van der Waals surface area contributed by atoms with Crippen molar-refractivity contribution in [2.24, 2.45) is 5.92 Å². The van der Waals surface area contributed by atoms with E-state index in [1.165, 1.54) is 0 Å². The summed E-state index contributed by atoms with van der Waals surface area (Å²) < 4.78 is 0. The Bertz CT molecular complexity index is 775. The van der Waals surface area contributed by atoms with E-state index in [4.69, 9.17) is 0 Å². The molecule has 0 radical (unpaired) electrons. The van der Waals surface area contributed by atoms with Crippen molar-refractivity contribution in [2.45, 2.75) is 25.3 Å². The van der Waals surface area contributed by atoms with Gasteiger partial charge in [0.15, 0.2) is 0 Å². The lowest BCUT2D eigenvalue weighted by Gasteiger charge is -2.39. The lowest BCUT2D eigenvalue weighted by molar-refractivity contribution is -0.109. The van der Waals surface area contributed by atoms with Crippen LogP contribution in [0.25, 0.3) is 10.8 Å². The molecule has 146 valence electrons. The van der Waals surface area contributed by atoms with Gasteiger partial charge in [0.2, 0.25) is 0 Å². The number of aldehydes is 1. The molecule has 1 aliphatic rings. The van der Waals surface area contributed by atoms with Gasteiger partial charge in [-0.15, -0.1) is 12.4 Å². The number of amides is 1. The molecule has 0 saturated carbocycles. The first kappa shape index (κ1) is 20.9. The summed E-state index contributed by atoms with van der Waals surface area (Å²) in [6, 6.07) is 9.83. The van der Waals surface area contributed by atoms with Crippen molar-refractivity contribution in [3.05, 3.63) is 36.5 Å². The van der Waals surface area contributed by atoms with Gasteiger partial charge < -0.3 is 14.8 Å². The minimum Gasteiger partial charge on any atom is -0.464 e. The standard InChI is InChI=1S/C19H24N4O3.ClH/c1-20-23(19(25)26)17(9-13-24)15-7-11-22(12-8-15)18-16-5-3-2-4-14(16)6-10-21-18;/h2-6,10,13,15,17,20H,7-9,11-12H2,1H3,(H,25,26);1H. The first-order valence-corrected chi connectivity index (χ1v) is 8.87. The highest BCUT2D eigenvalue weighted by molar-refractivity contribution is 5.92. The van der Waals surface area contributed by atoms with E-state index in [0.29, 0.717) is 0 Å². The van der Waals surface area contributed by atoms with Crippen molar-refractivity contribution in [2.75, 3.05) is 25.0 Å². The fourth-order valence-electron chi connectivity index (χ4n) is 3.86. The Morgan fingerprint density at radius 1 is 1.37 bits per heavy atom. The molecule has 1 aromatic carbocycles. The Hall–Kier alpha value is -2.38. The number of hydrazine groups is 1. The molecule has 1 aliphatic heterocycles. The number of piperidine rings is 1. The summed E-state index contributed by atoms with van der Waals surface area (Å²) >= 11 is 0. The fourth-order valence-corrected chi connectivity index (χ4v) is 3.86. The molecule has 8 heteroatoms. The Balaban J connectivity index is 0.00000261. The normalized spacial score (nSPS) is 15.8. The lowest BCUT2D eigenvalue weighted by atomic mass is 9.87. The van der Waals surface area contributed by atoms with E-state index in [1.807, 2.05) is 24.4 Å². The number of hydrogen-bond donors (Lipinski definition) is 2. The molecule has 1 unspecified atom stereocenters. The van der Waals surface area contributed by atoms with E-state index in [1.54, 1.807) is 7.05 Å². The molecule has 2 aromatic rings. The van der Waals surface area contributed by atoms with E-state index in [-0.39, 0.29) is 30.8 Å². The van der Waals surface area contributed by atoms with Gasteiger partial charge in [-0.3, -0.25) is 0 Å². The predicted molar refractivity (Wildman–Crippen MR) is 107 cm³/mol. The maximum Gasteiger partial charge on any atom is 0.422 e. The molecular weight excluding hydrogens is 368 g/mol. The smallest absolute Gasteiger partial charge is 0.422 e. The number of hydrogen-bond acceptors (Lipinski definition) is 5. The van der Waals surface area contributed by atoms with Crippen molar-refractivity contribution in [1.82, 2.24) is 15.4 Å². The molecule has 3 rings (SSSR count). The second kappa shape index (κ2) is 9.53. The van der Waals surface area contributed by atoms with Gasteiger partial charge in [0.05, 0.1) is 6.04 Å². The third-order valence-corrected chi connectivity index (χ3v) is 5.15.